The number of nitrogens with zero attached hydrogens (tertiary/aromatic N) is 3. The number of rotatable bonds is 32. The molecule has 10 amide bonds. The molecule has 5 heterocycles. The summed E-state index contributed by atoms with van der Waals surface area (Å²) in [5.74, 6) is -7.20. The number of nitrogens with two attached hydrogens (primary N) is 2. The summed E-state index contributed by atoms with van der Waals surface area (Å²) in [4.78, 5) is 160. The molecule has 0 radical (unpaired) electrons. The van der Waals surface area contributed by atoms with Crippen molar-refractivity contribution >= 4 is 86.8 Å². The van der Waals surface area contributed by atoms with E-state index in [1.165, 1.54) is 17.4 Å². The number of aromatic nitrogens is 4. The van der Waals surface area contributed by atoms with Crippen LogP contribution in [0.15, 0.2) is 109 Å². The first-order valence-corrected chi connectivity index (χ1v) is 31.1. The number of carbonyl (C=O) groups is 10. The van der Waals surface area contributed by atoms with E-state index in [1.54, 1.807) is 55.7 Å². The summed E-state index contributed by atoms with van der Waals surface area (Å²) in [7, 11) is 0. The van der Waals surface area contributed by atoms with E-state index in [9.17, 15) is 43.5 Å². The fraction of sp³-hybridized carbons (Fsp3) is 0.438. The van der Waals surface area contributed by atoms with Crippen molar-refractivity contribution in [3.8, 4) is 0 Å². The van der Waals surface area contributed by atoms with Crippen molar-refractivity contribution in [2.75, 3.05) is 26.2 Å². The lowest BCUT2D eigenvalue weighted by molar-refractivity contribution is -0.142. The molecule has 0 bridgehead atoms. The van der Waals surface area contributed by atoms with Gasteiger partial charge in [0, 0.05) is 97.8 Å². The highest BCUT2D eigenvalue weighted by atomic mass is 16.3. The maximum absolute atomic E-state index is 15.1. The molecule has 2 aliphatic rings. The molecule has 9 atom stereocenters. The van der Waals surface area contributed by atoms with Gasteiger partial charge < -0.3 is 84.3 Å². The van der Waals surface area contributed by atoms with Crippen LogP contribution in [0.25, 0.3) is 21.8 Å². The molecule has 8 rings (SSSR count). The number of hydrogen-bond acceptors (Lipinski definition) is 13. The molecule has 92 heavy (non-hydrogen) atoms. The van der Waals surface area contributed by atoms with Gasteiger partial charge in [-0.1, -0.05) is 80.6 Å². The number of likely N-dealkylation sites (tertiary alicyclic amines) is 1. The zero-order chi connectivity index (χ0) is 65.8. The molecule has 17 N–H and O–H groups in total. The number of benzene rings is 3. The fourth-order valence-corrected chi connectivity index (χ4v) is 11.5. The monoisotopic (exact) mass is 1270 g/mol. The molecular formula is C64H83N17O11. The van der Waals surface area contributed by atoms with Crippen molar-refractivity contribution in [1.29, 1.82) is 0 Å². The molecule has 0 saturated carbocycles. The van der Waals surface area contributed by atoms with E-state index in [-0.39, 0.29) is 94.6 Å². The van der Waals surface area contributed by atoms with Gasteiger partial charge in [0.2, 0.25) is 59.1 Å². The van der Waals surface area contributed by atoms with Crippen LogP contribution < -0.4 is 59.3 Å². The van der Waals surface area contributed by atoms with Crippen molar-refractivity contribution in [3.05, 3.63) is 126 Å². The van der Waals surface area contributed by atoms with Gasteiger partial charge in [-0.2, -0.15) is 0 Å². The Morgan fingerprint density at radius 2 is 1.17 bits per heavy atom. The molecule has 2 fully saturated rings. The number of nitrogens with one attached hydrogen (secondary N) is 12. The first kappa shape index (κ1) is 67.8. The largest absolute Gasteiger partial charge is 0.394 e. The van der Waals surface area contributed by atoms with Gasteiger partial charge in [0.05, 0.1) is 12.9 Å². The Labute approximate surface area is 531 Å². The van der Waals surface area contributed by atoms with Crippen LogP contribution in [0.4, 0.5) is 0 Å². The summed E-state index contributed by atoms with van der Waals surface area (Å²) in [6.45, 7) is 5.24. The normalized spacial score (nSPS) is 16.8. The topological polar surface area (TPSA) is 427 Å². The minimum atomic E-state index is -1.74. The molecular weight excluding hydrogens is 1180 g/mol. The summed E-state index contributed by atoms with van der Waals surface area (Å²) >= 11 is 0. The van der Waals surface area contributed by atoms with Crippen molar-refractivity contribution in [1.82, 2.24) is 72.7 Å². The van der Waals surface area contributed by atoms with Gasteiger partial charge in [0.1, 0.15) is 54.4 Å². The van der Waals surface area contributed by atoms with E-state index in [0.717, 1.165) is 21.8 Å². The van der Waals surface area contributed by atoms with Crippen LogP contribution in [0, 0.1) is 5.92 Å². The second-order valence-electron chi connectivity index (χ2n) is 23.5. The Hall–Kier alpha value is -10.1. The van der Waals surface area contributed by atoms with Crippen LogP contribution >= 0.6 is 0 Å². The number of carbonyl (C=O) groups excluding carboxylic acids is 10. The van der Waals surface area contributed by atoms with Crippen molar-refractivity contribution in [2.24, 2.45) is 22.4 Å². The predicted molar refractivity (Wildman–Crippen MR) is 341 cm³/mol. The molecule has 6 aromatic rings. The number of fused-ring (bicyclic) bond motifs is 2. The molecule has 0 spiro atoms. The highest BCUT2D eigenvalue weighted by Gasteiger charge is 2.40. The third kappa shape index (κ3) is 18.5. The molecule has 28 heteroatoms. The number of aliphatic hydroxyl groups excluding tert-OH is 1. The second kappa shape index (κ2) is 32.6. The second-order valence-corrected chi connectivity index (χ2v) is 23.5. The van der Waals surface area contributed by atoms with Gasteiger partial charge in [0.15, 0.2) is 5.96 Å². The molecule has 2 aliphatic heterocycles. The number of aliphatic imine (C=N–C) groups is 1. The van der Waals surface area contributed by atoms with Crippen LogP contribution in [0.1, 0.15) is 88.1 Å². The van der Waals surface area contributed by atoms with Crippen LogP contribution in [-0.4, -0.2) is 176 Å². The predicted octanol–water partition coefficient (Wildman–Crippen LogP) is -0.466. The number of likely N-dealkylation sites (N-methyl/N-ethyl adjacent to an activating group) is 1. The Kier molecular flexibility index (Phi) is 24.0. The van der Waals surface area contributed by atoms with Gasteiger partial charge in [-0.25, -0.2) is 4.98 Å². The summed E-state index contributed by atoms with van der Waals surface area (Å²) in [6, 6.07) is 11.7. The molecule has 3 aromatic heterocycles. The molecule has 490 valence electrons. The van der Waals surface area contributed by atoms with E-state index in [1.807, 2.05) is 56.3 Å². The summed E-state index contributed by atoms with van der Waals surface area (Å²) in [5, 5.41) is 37.0. The smallest absolute Gasteiger partial charge is 0.245 e. The van der Waals surface area contributed by atoms with Gasteiger partial charge in [-0.15, -0.1) is 0 Å². The van der Waals surface area contributed by atoms with Crippen molar-refractivity contribution in [3.63, 3.8) is 0 Å². The first-order valence-electron chi connectivity index (χ1n) is 31.1. The van der Waals surface area contributed by atoms with Crippen molar-refractivity contribution < 1.29 is 53.1 Å². The molecule has 3 aromatic carbocycles. The van der Waals surface area contributed by atoms with Crippen LogP contribution in [-0.2, 0) is 73.6 Å². The SMILES string of the molecule is CCNC(=O)[C@@H]1CCCN1C(=O)[C@H](CCCN=C(N)N)NC(=O)[C@H](CC(C)C)NC(=O)[C@@H](Cc1c[nH]c2ccccc12)NC(=O)[C@H](Cc1ccccc1)NC(=O)[C@H](CO)NC(=O)[C@H](Cc1c[nH]c2ccccc12)NC(=O)[C@H](Cc1cnc[nH]1)NC(=O)[C@@H]1CCC(=O)N1. The molecule has 0 aliphatic carbocycles. The van der Waals surface area contributed by atoms with E-state index in [4.69, 9.17) is 11.5 Å². The standard InChI is InChI=1S/C64H83N17O11/c1-4-68-62(91)53-21-13-25-81(53)63(92)46(20-12-24-69-64(65)66)74-56(85)47(26-36(2)3)75-58(87)49(28-38-31-70-43-18-10-8-16-41(38)43)77-57(86)48(27-37-14-6-5-7-15-37)76-61(90)52(34-82)80-59(88)50(29-39-32-71-44-19-11-9-17-42(39)44)78-60(89)51(30-40-33-67-35-72-40)79-55(84)45-22-23-54(83)73-45/h5-11,14-19,31-33,35-36,45-53,70-71,82H,4,12-13,20-30,34H2,1-3H3,(H,67,72)(H,68,91)(H,73,83)(H,74,85)(H,75,87)(H,76,90)(H,77,86)(H,78,89)(H,79,84)(H,80,88)(H4,65,66,69)/t45-,46-,47-,48-,49+,50-,51-,52-,53-/m0/s1. The Morgan fingerprint density at radius 3 is 1.72 bits per heavy atom. The lowest BCUT2D eigenvalue weighted by Gasteiger charge is -2.30. The van der Waals surface area contributed by atoms with Gasteiger partial charge in [-0.3, -0.25) is 52.9 Å². The van der Waals surface area contributed by atoms with Crippen LogP contribution in [0.3, 0.4) is 0 Å². The minimum absolute atomic E-state index is 0.0811. The van der Waals surface area contributed by atoms with Gasteiger partial charge in [-0.05, 0) is 80.2 Å². The van der Waals surface area contributed by atoms with Crippen molar-refractivity contribution in [2.45, 2.75) is 146 Å². The summed E-state index contributed by atoms with van der Waals surface area (Å²) in [5.41, 5.74) is 14.9. The molecule has 28 nitrogen and oxygen atoms in total. The first-order chi connectivity index (χ1) is 44.3. The zero-order valence-corrected chi connectivity index (χ0v) is 51.7. The summed E-state index contributed by atoms with van der Waals surface area (Å²) < 4.78 is 0. The number of aromatic amines is 3. The van der Waals surface area contributed by atoms with E-state index in [0.29, 0.717) is 41.8 Å². The Bertz CT molecular complexity index is 3580. The number of H-pyrrole nitrogens is 3. The average molecular weight is 1270 g/mol. The molecule has 2 saturated heterocycles. The average Bonchev–Trinajstić information content (AvgIpc) is 2.32. The third-order valence-electron chi connectivity index (χ3n) is 16.2. The van der Waals surface area contributed by atoms with E-state index >= 15 is 9.59 Å². The zero-order valence-electron chi connectivity index (χ0n) is 51.7. The highest BCUT2D eigenvalue weighted by Crippen LogP contribution is 2.23. The maximum atomic E-state index is 15.1. The Balaban J connectivity index is 1.04. The van der Waals surface area contributed by atoms with Crippen LogP contribution in [0.2, 0.25) is 0 Å². The lowest BCUT2D eigenvalue weighted by Crippen LogP contribution is -2.61. The van der Waals surface area contributed by atoms with E-state index in [2.05, 4.69) is 72.8 Å². The number of guanidine groups is 1. The number of para-hydroxylation sites is 2. The third-order valence-corrected chi connectivity index (χ3v) is 16.2. The number of aliphatic hydroxyl groups is 1. The van der Waals surface area contributed by atoms with Gasteiger partial charge in [0.25, 0.3) is 0 Å². The minimum Gasteiger partial charge on any atom is -0.394 e. The van der Waals surface area contributed by atoms with Gasteiger partial charge >= 0.3 is 0 Å². The fourth-order valence-electron chi connectivity index (χ4n) is 11.5. The summed E-state index contributed by atoms with van der Waals surface area (Å²) in [6.07, 6.45) is 7.42. The number of imidazole rings is 1. The molecule has 0 unspecified atom stereocenters. The Morgan fingerprint density at radius 1 is 0.641 bits per heavy atom. The lowest BCUT2D eigenvalue weighted by atomic mass is 9.99. The maximum Gasteiger partial charge on any atom is 0.245 e. The highest BCUT2D eigenvalue weighted by molar-refractivity contribution is 6.00. The van der Waals surface area contributed by atoms with E-state index < -0.39 is 108 Å². The number of amides is 10. The number of hydrogen-bond donors (Lipinski definition) is 15. The van der Waals surface area contributed by atoms with Crippen LogP contribution in [0.5, 0.6) is 0 Å². The quantitative estimate of drug-likeness (QED) is 0.0144.